The third kappa shape index (κ3) is 3.04. The van der Waals surface area contributed by atoms with Crippen LogP contribution in [0.4, 0.5) is 5.95 Å². The van der Waals surface area contributed by atoms with Crippen molar-refractivity contribution in [2.45, 2.75) is 6.23 Å². The van der Waals surface area contributed by atoms with Crippen LogP contribution in [0, 0.1) is 10.1 Å². The van der Waals surface area contributed by atoms with Gasteiger partial charge in [-0.25, -0.2) is 4.98 Å². The molecule has 0 aliphatic rings. The van der Waals surface area contributed by atoms with Crippen molar-refractivity contribution in [3.63, 3.8) is 0 Å². The zero-order chi connectivity index (χ0) is 17.1. The fraction of sp³-hybridized carbons (Fsp3) is 0.0769. The average Bonchev–Trinajstić information content (AvgIpc) is 3.02. The number of carbonyl (C=O) groups is 1. The number of nitro groups is 1. The van der Waals surface area contributed by atoms with E-state index in [4.69, 9.17) is 4.74 Å². The van der Waals surface area contributed by atoms with Crippen molar-refractivity contribution in [2.75, 3.05) is 5.32 Å². The number of ether oxygens (including phenoxy) is 1. The van der Waals surface area contributed by atoms with Crippen LogP contribution in [0.3, 0.4) is 0 Å². The summed E-state index contributed by atoms with van der Waals surface area (Å²) in [4.78, 5) is 46.5. The van der Waals surface area contributed by atoms with Crippen LogP contribution in [0.15, 0.2) is 41.5 Å². The largest absolute Gasteiger partial charge is 0.434 e. The van der Waals surface area contributed by atoms with Gasteiger partial charge >= 0.3 is 12.1 Å². The molecular formula is C13H10N6O5. The summed E-state index contributed by atoms with van der Waals surface area (Å²) in [6.45, 7) is 0. The molecule has 11 nitrogen and oxygen atoms in total. The third-order valence-corrected chi connectivity index (χ3v) is 2.94. The summed E-state index contributed by atoms with van der Waals surface area (Å²) < 4.78 is 5.06. The van der Waals surface area contributed by atoms with E-state index in [1.807, 2.05) is 0 Å². The Morgan fingerprint density at radius 3 is 2.79 bits per heavy atom. The van der Waals surface area contributed by atoms with Gasteiger partial charge in [0.15, 0.2) is 11.2 Å². The second kappa shape index (κ2) is 6.16. The molecule has 3 N–H and O–H groups in total. The van der Waals surface area contributed by atoms with Crippen LogP contribution < -0.4 is 15.6 Å². The molecule has 0 radical (unpaired) electrons. The number of rotatable bonds is 5. The molecule has 0 aliphatic carbocycles. The Bertz CT molecular complexity index is 950. The maximum absolute atomic E-state index is 12.1. The fourth-order valence-corrected chi connectivity index (χ4v) is 1.90. The Hall–Kier alpha value is -3.76. The third-order valence-electron chi connectivity index (χ3n) is 2.94. The van der Waals surface area contributed by atoms with E-state index >= 15 is 0 Å². The smallest absolute Gasteiger partial charge is 0.423 e. The molecule has 11 heteroatoms. The quantitative estimate of drug-likeness (QED) is 0.344. The van der Waals surface area contributed by atoms with Gasteiger partial charge in [-0.3, -0.25) is 30.0 Å². The lowest BCUT2D eigenvalue weighted by molar-refractivity contribution is -0.544. The van der Waals surface area contributed by atoms with Crippen molar-refractivity contribution in [1.82, 2.24) is 19.9 Å². The summed E-state index contributed by atoms with van der Waals surface area (Å²) in [7, 11) is 0. The van der Waals surface area contributed by atoms with Crippen LogP contribution in [-0.2, 0) is 4.79 Å². The molecule has 0 saturated carbocycles. The molecule has 2 aromatic heterocycles. The van der Waals surface area contributed by atoms with Crippen LogP contribution in [0.2, 0.25) is 0 Å². The van der Waals surface area contributed by atoms with E-state index < -0.39 is 22.6 Å². The van der Waals surface area contributed by atoms with Crippen molar-refractivity contribution < 1.29 is 14.5 Å². The van der Waals surface area contributed by atoms with E-state index in [1.165, 1.54) is 18.5 Å². The molecular weight excluding hydrogens is 320 g/mol. The number of aromatic nitrogens is 4. The molecule has 2 heterocycles. The summed E-state index contributed by atoms with van der Waals surface area (Å²) in [5, 5.41) is 13.2. The van der Waals surface area contributed by atoms with Gasteiger partial charge in [0, 0.05) is 0 Å². The highest BCUT2D eigenvalue weighted by Crippen LogP contribution is 2.12. The Labute approximate surface area is 132 Å². The molecule has 1 atom stereocenters. The summed E-state index contributed by atoms with van der Waals surface area (Å²) in [6, 6.07) is 7.85. The number of anilines is 1. The van der Waals surface area contributed by atoms with Gasteiger partial charge < -0.3 is 9.72 Å². The number of nitrogens with zero attached hydrogens (tertiary/aromatic N) is 3. The lowest BCUT2D eigenvalue weighted by atomic mass is 10.3. The van der Waals surface area contributed by atoms with Gasteiger partial charge in [-0.05, 0) is 12.1 Å². The first kappa shape index (κ1) is 15.1. The summed E-state index contributed by atoms with van der Waals surface area (Å²) in [5.74, 6) is -1.21. The van der Waals surface area contributed by atoms with Crippen molar-refractivity contribution in [3.8, 4) is 5.75 Å². The minimum Gasteiger partial charge on any atom is -0.423 e. The predicted octanol–water partition coefficient (Wildman–Crippen LogP) is 0.266. The highest BCUT2D eigenvalue weighted by Gasteiger charge is 2.32. The van der Waals surface area contributed by atoms with Gasteiger partial charge in [-0.15, -0.1) is 0 Å². The van der Waals surface area contributed by atoms with Crippen molar-refractivity contribution >= 4 is 23.0 Å². The lowest BCUT2D eigenvalue weighted by Crippen LogP contribution is -2.40. The van der Waals surface area contributed by atoms with Crippen LogP contribution in [0.5, 0.6) is 5.75 Å². The van der Waals surface area contributed by atoms with Crippen molar-refractivity contribution in [1.29, 1.82) is 0 Å². The van der Waals surface area contributed by atoms with E-state index in [2.05, 4.69) is 25.3 Å². The SMILES string of the molecule is O=C(Nc1nc2nc[nH]c2c(=O)[nH]1)C(Oc1ccccc1)[N+](=O)[O-]. The number of hydrogen-bond acceptors (Lipinski definition) is 7. The molecule has 24 heavy (non-hydrogen) atoms. The molecule has 1 amide bonds. The zero-order valence-corrected chi connectivity index (χ0v) is 11.9. The number of carbonyl (C=O) groups excluding carboxylic acids is 1. The molecule has 0 fully saturated rings. The Balaban J connectivity index is 1.82. The van der Waals surface area contributed by atoms with Crippen LogP contribution in [0.25, 0.3) is 11.2 Å². The number of amides is 1. The van der Waals surface area contributed by atoms with Gasteiger partial charge in [0.2, 0.25) is 5.95 Å². The molecule has 0 bridgehead atoms. The molecule has 3 aromatic rings. The van der Waals surface area contributed by atoms with Crippen molar-refractivity contribution in [3.05, 3.63) is 57.1 Å². The molecule has 122 valence electrons. The number of fused-ring (bicyclic) bond motifs is 1. The second-order valence-electron chi connectivity index (χ2n) is 4.57. The normalized spacial score (nSPS) is 11.8. The van der Waals surface area contributed by atoms with Gasteiger partial charge in [0.05, 0.1) is 11.3 Å². The monoisotopic (exact) mass is 330 g/mol. The van der Waals surface area contributed by atoms with Crippen LogP contribution in [0.1, 0.15) is 0 Å². The second-order valence-corrected chi connectivity index (χ2v) is 4.57. The molecule has 1 aromatic carbocycles. The van der Waals surface area contributed by atoms with Gasteiger partial charge in [-0.1, -0.05) is 18.2 Å². The summed E-state index contributed by atoms with van der Waals surface area (Å²) >= 11 is 0. The van der Waals surface area contributed by atoms with Gasteiger partial charge in [-0.2, -0.15) is 4.98 Å². The standard InChI is InChI=1S/C13H10N6O5/c20-10-8-9(15-6-14-8)16-13(17-10)18-11(21)12(19(22)23)24-7-4-2-1-3-5-7/h1-6,12H,(H3,14,15,16,17,18,20,21). The van der Waals surface area contributed by atoms with Crippen LogP contribution >= 0.6 is 0 Å². The average molecular weight is 330 g/mol. The Morgan fingerprint density at radius 1 is 1.33 bits per heavy atom. The van der Waals surface area contributed by atoms with E-state index in [9.17, 15) is 19.7 Å². The highest BCUT2D eigenvalue weighted by atomic mass is 16.7. The van der Waals surface area contributed by atoms with E-state index in [0.29, 0.717) is 0 Å². The fourth-order valence-electron chi connectivity index (χ4n) is 1.90. The number of benzene rings is 1. The van der Waals surface area contributed by atoms with Gasteiger partial charge in [0.1, 0.15) is 5.75 Å². The topological polar surface area (TPSA) is 156 Å². The molecule has 3 rings (SSSR count). The first-order valence-electron chi connectivity index (χ1n) is 6.64. The maximum Gasteiger partial charge on any atom is 0.434 e. The Kier molecular flexibility index (Phi) is 3.89. The summed E-state index contributed by atoms with van der Waals surface area (Å²) in [5.41, 5.74) is -0.385. The number of aromatic amines is 2. The van der Waals surface area contributed by atoms with E-state index in [1.54, 1.807) is 18.2 Å². The maximum atomic E-state index is 12.1. The first-order valence-corrected chi connectivity index (χ1v) is 6.64. The Morgan fingerprint density at radius 2 is 2.08 bits per heavy atom. The van der Waals surface area contributed by atoms with Crippen molar-refractivity contribution in [2.24, 2.45) is 0 Å². The van der Waals surface area contributed by atoms with E-state index in [-0.39, 0.29) is 22.9 Å². The molecule has 1 unspecified atom stereocenters. The number of imidazole rings is 1. The predicted molar refractivity (Wildman–Crippen MR) is 81.0 cm³/mol. The molecule has 0 spiro atoms. The number of hydrogen-bond donors (Lipinski definition) is 3. The number of nitrogens with one attached hydrogen (secondary N) is 3. The first-order chi connectivity index (χ1) is 11.5. The minimum absolute atomic E-state index is 0.0654. The molecule has 0 saturated heterocycles. The minimum atomic E-state index is -2.01. The lowest BCUT2D eigenvalue weighted by Gasteiger charge is -2.11. The highest BCUT2D eigenvalue weighted by molar-refractivity contribution is 5.92. The number of para-hydroxylation sites is 1. The van der Waals surface area contributed by atoms with Gasteiger partial charge in [0.25, 0.3) is 5.56 Å². The summed E-state index contributed by atoms with van der Waals surface area (Å²) in [6.07, 6.45) is -0.746. The number of H-pyrrole nitrogens is 2. The molecule has 0 aliphatic heterocycles. The van der Waals surface area contributed by atoms with E-state index in [0.717, 1.165) is 0 Å². The zero-order valence-electron chi connectivity index (χ0n) is 11.9. The van der Waals surface area contributed by atoms with Crippen LogP contribution in [-0.4, -0.2) is 37.0 Å².